The molecular weight excluding hydrogens is 386 g/mol. The van der Waals surface area contributed by atoms with Crippen molar-refractivity contribution in [2.45, 2.75) is 11.4 Å². The second-order valence-corrected chi connectivity index (χ2v) is 7.55. The second kappa shape index (κ2) is 9.31. The van der Waals surface area contributed by atoms with Gasteiger partial charge in [0.2, 0.25) is 0 Å². The highest BCUT2D eigenvalue weighted by Crippen LogP contribution is 2.15. The van der Waals surface area contributed by atoms with Crippen LogP contribution in [0.1, 0.15) is 15.9 Å². The zero-order chi connectivity index (χ0) is 20.7. The molecule has 0 heterocycles. The highest BCUT2D eigenvalue weighted by molar-refractivity contribution is 7.89. The van der Waals surface area contributed by atoms with Crippen molar-refractivity contribution in [3.8, 4) is 0 Å². The average molecular weight is 407 g/mol. The van der Waals surface area contributed by atoms with Crippen molar-refractivity contribution in [1.29, 1.82) is 0 Å². The van der Waals surface area contributed by atoms with Crippen LogP contribution in [0.2, 0.25) is 0 Å². The Kier molecular flexibility index (Phi) is 7.10. The van der Waals surface area contributed by atoms with Crippen molar-refractivity contribution in [3.63, 3.8) is 0 Å². The third kappa shape index (κ3) is 5.28. The van der Waals surface area contributed by atoms with E-state index >= 15 is 0 Å². The smallest absolute Gasteiger partial charge is 0.411 e. The average Bonchev–Trinajstić information content (AvgIpc) is 2.72. The van der Waals surface area contributed by atoms with Gasteiger partial charge >= 0.3 is 6.09 Å². The van der Waals surface area contributed by atoms with Crippen molar-refractivity contribution in [2.75, 3.05) is 26.6 Å². The number of nitrogens with one attached hydrogen (secondary N) is 2. The molecule has 2 N–H and O–H groups in total. The number of ether oxygens (including phenoxy) is 1. The van der Waals surface area contributed by atoms with Gasteiger partial charge in [-0.3, -0.25) is 14.9 Å². The molecule has 0 aliphatic heterocycles. The summed E-state index contributed by atoms with van der Waals surface area (Å²) in [6.45, 7) is 0.268. The van der Waals surface area contributed by atoms with E-state index in [2.05, 4.69) is 15.4 Å². The zero-order valence-corrected chi connectivity index (χ0v) is 16.4. The molecule has 2 aromatic carbocycles. The van der Waals surface area contributed by atoms with Gasteiger partial charge in [0, 0.05) is 24.8 Å². The van der Waals surface area contributed by atoms with Gasteiger partial charge in [0.25, 0.3) is 15.9 Å². The van der Waals surface area contributed by atoms with Crippen LogP contribution in [0.3, 0.4) is 0 Å². The Hall–Kier alpha value is -2.95. The number of rotatable bonds is 7. The zero-order valence-electron chi connectivity index (χ0n) is 15.6. The number of sulfonamides is 1. The summed E-state index contributed by atoms with van der Waals surface area (Å²) in [5.74, 6) is -0.346. The Labute approximate surface area is 163 Å². The largest absolute Gasteiger partial charge is 0.453 e. The van der Waals surface area contributed by atoms with Crippen molar-refractivity contribution in [1.82, 2.24) is 9.79 Å². The Balaban J connectivity index is 1.97. The summed E-state index contributed by atoms with van der Waals surface area (Å²) in [5.41, 5.74) is 1.72. The molecule has 2 amide bonds. The maximum Gasteiger partial charge on any atom is 0.411 e. The molecule has 0 saturated heterocycles. The molecule has 0 fully saturated rings. The number of hydroxylamine groups is 1. The van der Waals surface area contributed by atoms with Crippen molar-refractivity contribution in [2.24, 2.45) is 0 Å². The first-order valence-corrected chi connectivity index (χ1v) is 9.57. The number of carbonyl (C=O) groups excluding carboxylic acids is 2. The van der Waals surface area contributed by atoms with E-state index in [-0.39, 0.29) is 17.3 Å². The minimum absolute atomic E-state index is 0.0158. The molecule has 150 valence electrons. The standard InChI is InChI=1S/C18H21N3O6S/c1-21(27-3)28(24,25)16-10-6-14(7-11-16)17(22)19-12-13-4-8-15(9-5-13)20-18(23)26-2/h4-11H,12H2,1-3H3,(H,19,22)(H,20,23). The van der Waals surface area contributed by atoms with E-state index in [0.717, 1.165) is 10.0 Å². The van der Waals surface area contributed by atoms with Crippen LogP contribution in [-0.2, 0) is 26.1 Å². The van der Waals surface area contributed by atoms with E-state index in [4.69, 9.17) is 4.84 Å². The highest BCUT2D eigenvalue weighted by atomic mass is 32.2. The summed E-state index contributed by atoms with van der Waals surface area (Å²) in [4.78, 5) is 28.1. The van der Waals surface area contributed by atoms with Gasteiger partial charge in [-0.25, -0.2) is 13.2 Å². The normalized spacial score (nSPS) is 11.1. The molecular formula is C18H21N3O6S. The first-order chi connectivity index (χ1) is 13.3. The number of anilines is 1. The number of benzene rings is 2. The van der Waals surface area contributed by atoms with Gasteiger partial charge in [0.1, 0.15) is 0 Å². The van der Waals surface area contributed by atoms with Gasteiger partial charge in [-0.05, 0) is 42.0 Å². The van der Waals surface area contributed by atoms with E-state index in [1.165, 1.54) is 45.5 Å². The summed E-state index contributed by atoms with van der Waals surface area (Å²) in [6.07, 6.45) is -0.566. The third-order valence-electron chi connectivity index (χ3n) is 3.85. The van der Waals surface area contributed by atoms with Crippen molar-refractivity contribution >= 4 is 27.7 Å². The van der Waals surface area contributed by atoms with E-state index < -0.39 is 16.1 Å². The highest BCUT2D eigenvalue weighted by Gasteiger charge is 2.20. The summed E-state index contributed by atoms with van der Waals surface area (Å²) >= 11 is 0. The van der Waals surface area contributed by atoms with E-state index in [1.54, 1.807) is 24.3 Å². The second-order valence-electron chi connectivity index (χ2n) is 5.62. The summed E-state index contributed by atoms with van der Waals surface area (Å²) in [6, 6.07) is 12.4. The lowest BCUT2D eigenvalue weighted by atomic mass is 10.2. The number of hydrogen-bond donors (Lipinski definition) is 2. The molecule has 0 unspecified atom stereocenters. The number of amides is 2. The predicted molar refractivity (Wildman–Crippen MR) is 102 cm³/mol. The molecule has 0 aliphatic carbocycles. The minimum Gasteiger partial charge on any atom is -0.453 e. The van der Waals surface area contributed by atoms with E-state index in [9.17, 15) is 18.0 Å². The Morgan fingerprint density at radius 2 is 1.61 bits per heavy atom. The number of nitrogens with zero attached hydrogens (tertiary/aromatic N) is 1. The number of carbonyl (C=O) groups is 2. The Morgan fingerprint density at radius 3 is 2.14 bits per heavy atom. The van der Waals surface area contributed by atoms with Crippen molar-refractivity contribution in [3.05, 3.63) is 59.7 Å². The van der Waals surface area contributed by atoms with Crippen molar-refractivity contribution < 1.29 is 27.6 Å². The molecule has 0 bridgehead atoms. The van der Waals surface area contributed by atoms with Gasteiger partial charge in [-0.15, -0.1) is 0 Å². The van der Waals surface area contributed by atoms with Crippen LogP contribution in [0.4, 0.5) is 10.5 Å². The van der Waals surface area contributed by atoms with Crippen LogP contribution in [0.15, 0.2) is 53.4 Å². The maximum absolute atomic E-state index is 12.3. The molecule has 0 spiro atoms. The molecule has 0 aliphatic rings. The van der Waals surface area contributed by atoms with Crippen LogP contribution < -0.4 is 10.6 Å². The minimum atomic E-state index is -3.76. The topological polar surface area (TPSA) is 114 Å². The van der Waals surface area contributed by atoms with Crippen LogP contribution in [0.5, 0.6) is 0 Å². The Morgan fingerprint density at radius 1 is 1.00 bits per heavy atom. The van der Waals surface area contributed by atoms with E-state index in [0.29, 0.717) is 11.3 Å². The van der Waals surface area contributed by atoms with Crippen LogP contribution in [-0.4, -0.2) is 46.2 Å². The lowest BCUT2D eigenvalue weighted by Crippen LogP contribution is -2.26. The Bertz CT molecular complexity index is 927. The fourth-order valence-electron chi connectivity index (χ4n) is 2.18. The molecule has 0 saturated carbocycles. The lowest BCUT2D eigenvalue weighted by Gasteiger charge is -2.14. The molecule has 28 heavy (non-hydrogen) atoms. The summed E-state index contributed by atoms with van der Waals surface area (Å²) in [7, 11) is 0.0410. The third-order valence-corrected chi connectivity index (χ3v) is 5.54. The van der Waals surface area contributed by atoms with Gasteiger partial charge in [0.05, 0.1) is 19.1 Å². The van der Waals surface area contributed by atoms with Crippen LogP contribution in [0, 0.1) is 0 Å². The summed E-state index contributed by atoms with van der Waals surface area (Å²) < 4.78 is 29.5. The monoisotopic (exact) mass is 407 g/mol. The van der Waals surface area contributed by atoms with Gasteiger partial charge in [0.15, 0.2) is 0 Å². The van der Waals surface area contributed by atoms with Crippen LogP contribution in [0.25, 0.3) is 0 Å². The molecule has 0 radical (unpaired) electrons. The molecule has 9 nitrogen and oxygen atoms in total. The predicted octanol–water partition coefficient (Wildman–Crippen LogP) is 1.98. The van der Waals surface area contributed by atoms with E-state index in [1.807, 2.05) is 0 Å². The molecule has 2 aromatic rings. The molecule has 0 atom stereocenters. The number of hydrogen-bond acceptors (Lipinski definition) is 6. The van der Waals surface area contributed by atoms with Gasteiger partial charge in [-0.2, -0.15) is 0 Å². The first kappa shape index (κ1) is 21.4. The van der Waals surface area contributed by atoms with Crippen LogP contribution >= 0.6 is 0 Å². The SMILES string of the molecule is COC(=O)Nc1ccc(CNC(=O)c2ccc(S(=O)(=O)N(C)OC)cc2)cc1. The lowest BCUT2D eigenvalue weighted by molar-refractivity contribution is -0.0258. The molecule has 0 aromatic heterocycles. The van der Waals surface area contributed by atoms with Gasteiger partial charge in [-0.1, -0.05) is 16.6 Å². The maximum atomic E-state index is 12.3. The van der Waals surface area contributed by atoms with Gasteiger partial charge < -0.3 is 10.1 Å². The summed E-state index contributed by atoms with van der Waals surface area (Å²) in [5, 5.41) is 5.27. The fourth-order valence-corrected chi connectivity index (χ4v) is 3.16. The fraction of sp³-hybridized carbons (Fsp3) is 0.222. The molecule has 10 heteroatoms. The number of methoxy groups -OCH3 is 1. The quantitative estimate of drug-likeness (QED) is 0.679. The molecule has 2 rings (SSSR count). The first-order valence-electron chi connectivity index (χ1n) is 8.13.